The molecule has 6 nitrogen and oxygen atoms in total. The topological polar surface area (TPSA) is 87.4 Å². The van der Waals surface area contributed by atoms with Crippen LogP contribution in [0.1, 0.15) is 5.56 Å². The fraction of sp³-hybridized carbons (Fsp3) is 0.0625. The minimum atomic E-state index is 0.127. The van der Waals surface area contributed by atoms with E-state index >= 15 is 0 Å². The van der Waals surface area contributed by atoms with E-state index in [-0.39, 0.29) is 10.7 Å². The number of nitriles is 1. The van der Waals surface area contributed by atoms with Crippen molar-refractivity contribution >= 4 is 34.9 Å². The molecule has 118 valence electrons. The van der Waals surface area contributed by atoms with Crippen molar-refractivity contribution in [1.29, 1.82) is 5.26 Å². The molecule has 0 atom stereocenters. The Morgan fingerprint density at radius 1 is 1.17 bits per heavy atom. The van der Waals surface area contributed by atoms with Gasteiger partial charge in [0.25, 0.3) is 0 Å². The molecule has 1 N–H and O–H groups in total. The summed E-state index contributed by atoms with van der Waals surface area (Å²) in [6.45, 7) is 0. The van der Waals surface area contributed by atoms with Crippen LogP contribution in [0.25, 0.3) is 11.4 Å². The Morgan fingerprint density at radius 2 is 1.96 bits per heavy atom. The molecule has 0 unspecified atom stereocenters. The number of nitrogens with zero attached hydrogens (tertiary/aromatic N) is 5. The molecule has 0 aliphatic heterocycles. The Morgan fingerprint density at radius 3 is 2.67 bits per heavy atom. The molecular weight excluding hydrogens is 344 g/mol. The van der Waals surface area contributed by atoms with Crippen molar-refractivity contribution in [1.82, 2.24) is 19.9 Å². The highest BCUT2D eigenvalue weighted by atomic mass is 35.5. The SMILES string of the molecule is CSc1nc(Cl)c(C#N)c(Nc2cccc(-c3ncccn3)c2)n1. The van der Waals surface area contributed by atoms with Gasteiger partial charge >= 0.3 is 0 Å². The van der Waals surface area contributed by atoms with Crippen molar-refractivity contribution in [3.8, 4) is 17.5 Å². The third-order valence-electron chi connectivity index (χ3n) is 3.09. The first-order valence-corrected chi connectivity index (χ1v) is 8.47. The van der Waals surface area contributed by atoms with E-state index < -0.39 is 0 Å². The van der Waals surface area contributed by atoms with Gasteiger partial charge < -0.3 is 5.32 Å². The molecular formula is C16H11ClN6S. The summed E-state index contributed by atoms with van der Waals surface area (Å²) in [4.78, 5) is 16.8. The average Bonchev–Trinajstić information content (AvgIpc) is 2.62. The lowest BCUT2D eigenvalue weighted by atomic mass is 10.2. The number of thioether (sulfide) groups is 1. The van der Waals surface area contributed by atoms with Crippen LogP contribution in [-0.2, 0) is 0 Å². The van der Waals surface area contributed by atoms with Crippen LogP contribution in [0, 0.1) is 11.3 Å². The molecule has 0 saturated carbocycles. The quantitative estimate of drug-likeness (QED) is 0.431. The predicted octanol–water partition coefficient (Wildman–Crippen LogP) is 3.92. The summed E-state index contributed by atoms with van der Waals surface area (Å²) < 4.78 is 0. The number of hydrogen-bond donors (Lipinski definition) is 1. The number of benzene rings is 1. The van der Waals surface area contributed by atoms with Gasteiger partial charge in [-0.3, -0.25) is 0 Å². The first-order valence-electron chi connectivity index (χ1n) is 6.87. The highest BCUT2D eigenvalue weighted by Crippen LogP contribution is 2.27. The van der Waals surface area contributed by atoms with E-state index in [9.17, 15) is 5.26 Å². The zero-order valence-corrected chi connectivity index (χ0v) is 14.1. The van der Waals surface area contributed by atoms with Crippen molar-refractivity contribution in [3.63, 3.8) is 0 Å². The van der Waals surface area contributed by atoms with Crippen molar-refractivity contribution in [2.75, 3.05) is 11.6 Å². The summed E-state index contributed by atoms with van der Waals surface area (Å²) in [6, 6.07) is 11.3. The van der Waals surface area contributed by atoms with Gasteiger partial charge in [0.1, 0.15) is 11.6 Å². The van der Waals surface area contributed by atoms with Crippen LogP contribution in [-0.4, -0.2) is 26.2 Å². The van der Waals surface area contributed by atoms with Gasteiger partial charge in [0, 0.05) is 23.6 Å². The van der Waals surface area contributed by atoms with E-state index in [1.54, 1.807) is 18.5 Å². The van der Waals surface area contributed by atoms with E-state index in [1.807, 2.05) is 36.6 Å². The van der Waals surface area contributed by atoms with Gasteiger partial charge in [0.2, 0.25) is 0 Å². The molecule has 3 rings (SSSR count). The molecule has 1 aromatic carbocycles. The molecule has 0 spiro atoms. The summed E-state index contributed by atoms with van der Waals surface area (Å²) in [5.74, 6) is 0.986. The summed E-state index contributed by atoms with van der Waals surface area (Å²) in [6.07, 6.45) is 5.21. The van der Waals surface area contributed by atoms with Gasteiger partial charge in [-0.05, 0) is 24.5 Å². The summed E-state index contributed by atoms with van der Waals surface area (Å²) >= 11 is 7.41. The third-order valence-corrected chi connectivity index (χ3v) is 3.91. The molecule has 0 radical (unpaired) electrons. The Labute approximate surface area is 148 Å². The van der Waals surface area contributed by atoms with Gasteiger partial charge in [-0.25, -0.2) is 19.9 Å². The summed E-state index contributed by atoms with van der Waals surface area (Å²) in [5, 5.41) is 13.0. The number of aromatic nitrogens is 4. The molecule has 0 aliphatic carbocycles. The van der Waals surface area contributed by atoms with E-state index in [2.05, 4.69) is 25.3 Å². The van der Waals surface area contributed by atoms with Crippen LogP contribution in [0.15, 0.2) is 47.9 Å². The van der Waals surface area contributed by atoms with Gasteiger partial charge in [-0.1, -0.05) is 35.5 Å². The van der Waals surface area contributed by atoms with Crippen LogP contribution >= 0.6 is 23.4 Å². The molecule has 0 saturated heterocycles. The number of rotatable bonds is 4. The maximum atomic E-state index is 9.29. The average molecular weight is 355 g/mol. The minimum absolute atomic E-state index is 0.127. The van der Waals surface area contributed by atoms with Crippen molar-refractivity contribution < 1.29 is 0 Å². The normalized spacial score (nSPS) is 10.2. The van der Waals surface area contributed by atoms with Gasteiger partial charge in [0.05, 0.1) is 0 Å². The Balaban J connectivity index is 1.98. The van der Waals surface area contributed by atoms with Gasteiger partial charge in [0.15, 0.2) is 22.0 Å². The van der Waals surface area contributed by atoms with E-state index in [1.165, 1.54) is 11.8 Å². The first kappa shape index (κ1) is 16.2. The van der Waals surface area contributed by atoms with E-state index in [0.29, 0.717) is 16.8 Å². The van der Waals surface area contributed by atoms with Crippen LogP contribution in [0.2, 0.25) is 5.15 Å². The molecule has 2 aromatic heterocycles. The number of anilines is 2. The number of hydrogen-bond acceptors (Lipinski definition) is 7. The molecule has 0 fully saturated rings. The van der Waals surface area contributed by atoms with Gasteiger partial charge in [-0.2, -0.15) is 5.26 Å². The fourth-order valence-electron chi connectivity index (χ4n) is 2.02. The summed E-state index contributed by atoms with van der Waals surface area (Å²) in [5.41, 5.74) is 1.80. The lowest BCUT2D eigenvalue weighted by molar-refractivity contribution is 0.969. The lowest BCUT2D eigenvalue weighted by Gasteiger charge is -2.10. The molecule has 2 heterocycles. The first-order chi connectivity index (χ1) is 11.7. The second kappa shape index (κ2) is 7.25. The largest absolute Gasteiger partial charge is 0.339 e. The molecule has 3 aromatic rings. The second-order valence-electron chi connectivity index (χ2n) is 4.61. The molecule has 8 heteroatoms. The lowest BCUT2D eigenvalue weighted by Crippen LogP contribution is -2.01. The Bertz CT molecular complexity index is 910. The Hall–Kier alpha value is -2.69. The van der Waals surface area contributed by atoms with Crippen LogP contribution in [0.5, 0.6) is 0 Å². The third kappa shape index (κ3) is 3.45. The monoisotopic (exact) mass is 354 g/mol. The highest BCUT2D eigenvalue weighted by Gasteiger charge is 2.13. The number of halogens is 1. The maximum absolute atomic E-state index is 9.29. The zero-order chi connectivity index (χ0) is 16.9. The molecule has 0 aliphatic rings. The minimum Gasteiger partial charge on any atom is -0.339 e. The molecule has 0 amide bonds. The molecule has 24 heavy (non-hydrogen) atoms. The second-order valence-corrected chi connectivity index (χ2v) is 5.75. The van der Waals surface area contributed by atoms with E-state index in [4.69, 9.17) is 11.6 Å². The smallest absolute Gasteiger partial charge is 0.190 e. The van der Waals surface area contributed by atoms with Crippen LogP contribution < -0.4 is 5.32 Å². The van der Waals surface area contributed by atoms with Crippen LogP contribution in [0.3, 0.4) is 0 Å². The van der Waals surface area contributed by atoms with Crippen LogP contribution in [0.4, 0.5) is 11.5 Å². The standard InChI is InChI=1S/C16H11ClN6S/c1-24-16-22-13(17)12(9-18)15(23-16)21-11-5-2-4-10(8-11)14-19-6-3-7-20-14/h2-8H,1H3,(H,21,22,23). The van der Waals surface area contributed by atoms with Crippen molar-refractivity contribution in [2.24, 2.45) is 0 Å². The van der Waals surface area contributed by atoms with Crippen molar-refractivity contribution in [2.45, 2.75) is 5.16 Å². The Kier molecular flexibility index (Phi) is 4.89. The predicted molar refractivity (Wildman–Crippen MR) is 94.3 cm³/mol. The fourth-order valence-corrected chi connectivity index (χ4v) is 2.64. The van der Waals surface area contributed by atoms with Crippen molar-refractivity contribution in [3.05, 3.63) is 53.4 Å². The summed E-state index contributed by atoms with van der Waals surface area (Å²) in [7, 11) is 0. The highest BCUT2D eigenvalue weighted by molar-refractivity contribution is 7.98. The molecule has 0 bridgehead atoms. The van der Waals surface area contributed by atoms with E-state index in [0.717, 1.165) is 11.3 Å². The zero-order valence-electron chi connectivity index (χ0n) is 12.6. The number of nitrogens with one attached hydrogen (secondary N) is 1. The van der Waals surface area contributed by atoms with Gasteiger partial charge in [-0.15, -0.1) is 0 Å². The maximum Gasteiger partial charge on any atom is 0.190 e.